The number of nitrogens with zero attached hydrogens (tertiary/aromatic N) is 4. The third kappa shape index (κ3) is 4.47. The van der Waals surface area contributed by atoms with Crippen LogP contribution in [0.15, 0.2) is 77.1 Å². The van der Waals surface area contributed by atoms with Gasteiger partial charge in [-0.15, -0.1) is 0 Å². The molecule has 0 aliphatic heterocycles. The SMILES string of the molecule is C=Nn1ccc(-c2ccc3c(c2)c(C(=O)NC(C)c2cccc(F)c2)cn3C)cc1=NCN. The van der Waals surface area contributed by atoms with Crippen molar-refractivity contribution in [2.75, 3.05) is 6.67 Å². The highest BCUT2D eigenvalue weighted by molar-refractivity contribution is 6.08. The zero-order valence-corrected chi connectivity index (χ0v) is 18.5. The lowest BCUT2D eigenvalue weighted by molar-refractivity contribution is 0.0941. The second-order valence-corrected chi connectivity index (χ2v) is 7.74. The topological polar surface area (TPSA) is 89.7 Å². The van der Waals surface area contributed by atoms with Crippen molar-refractivity contribution < 1.29 is 9.18 Å². The summed E-state index contributed by atoms with van der Waals surface area (Å²) in [5.41, 5.74) is 10.2. The molecule has 0 spiro atoms. The maximum absolute atomic E-state index is 13.6. The van der Waals surface area contributed by atoms with E-state index >= 15 is 0 Å². The van der Waals surface area contributed by atoms with Crippen molar-refractivity contribution >= 4 is 23.5 Å². The fraction of sp³-hybridized carbons (Fsp3) is 0.160. The molecule has 168 valence electrons. The summed E-state index contributed by atoms with van der Waals surface area (Å²) in [6.07, 6.45) is 3.57. The maximum Gasteiger partial charge on any atom is 0.253 e. The van der Waals surface area contributed by atoms with Crippen molar-refractivity contribution in [3.63, 3.8) is 0 Å². The van der Waals surface area contributed by atoms with Gasteiger partial charge in [-0.3, -0.25) is 9.79 Å². The third-order valence-electron chi connectivity index (χ3n) is 5.58. The number of amides is 1. The average molecular weight is 445 g/mol. The molecule has 0 saturated carbocycles. The maximum atomic E-state index is 13.6. The highest BCUT2D eigenvalue weighted by atomic mass is 19.1. The summed E-state index contributed by atoms with van der Waals surface area (Å²) in [5, 5.41) is 7.70. The molecule has 0 fully saturated rings. The first-order valence-electron chi connectivity index (χ1n) is 10.5. The van der Waals surface area contributed by atoms with E-state index < -0.39 is 0 Å². The van der Waals surface area contributed by atoms with Crippen LogP contribution in [0.3, 0.4) is 0 Å². The van der Waals surface area contributed by atoms with E-state index in [0.29, 0.717) is 16.6 Å². The van der Waals surface area contributed by atoms with Gasteiger partial charge in [0.05, 0.1) is 18.3 Å². The van der Waals surface area contributed by atoms with E-state index in [9.17, 15) is 9.18 Å². The van der Waals surface area contributed by atoms with Gasteiger partial charge in [0.1, 0.15) is 5.82 Å². The number of halogens is 1. The first-order chi connectivity index (χ1) is 15.9. The van der Waals surface area contributed by atoms with Crippen LogP contribution in [0.1, 0.15) is 28.9 Å². The van der Waals surface area contributed by atoms with Gasteiger partial charge in [-0.05, 0) is 60.0 Å². The molecule has 0 bridgehead atoms. The minimum Gasteiger partial charge on any atom is -0.350 e. The molecule has 0 radical (unpaired) electrons. The monoisotopic (exact) mass is 444 g/mol. The Morgan fingerprint density at radius 3 is 2.70 bits per heavy atom. The van der Waals surface area contributed by atoms with Crippen LogP contribution in [0.25, 0.3) is 22.0 Å². The van der Waals surface area contributed by atoms with Crippen molar-refractivity contribution in [1.82, 2.24) is 14.6 Å². The fourth-order valence-corrected chi connectivity index (χ4v) is 3.88. The van der Waals surface area contributed by atoms with Crippen LogP contribution >= 0.6 is 0 Å². The smallest absolute Gasteiger partial charge is 0.253 e. The van der Waals surface area contributed by atoms with E-state index in [4.69, 9.17) is 5.73 Å². The molecule has 0 saturated heterocycles. The summed E-state index contributed by atoms with van der Waals surface area (Å²) in [5.74, 6) is -0.560. The Balaban J connectivity index is 1.72. The Morgan fingerprint density at radius 1 is 1.18 bits per heavy atom. The van der Waals surface area contributed by atoms with Gasteiger partial charge in [0.2, 0.25) is 0 Å². The lowest BCUT2D eigenvalue weighted by Crippen LogP contribution is -2.26. The standard InChI is InChI=1S/C25H25FN6O/c1-16(17-5-4-6-20(26)11-17)30-25(33)22-14-31(3)23-8-7-18(12-21(22)23)19-9-10-32(28-2)24(13-19)29-15-27/h4-14,16H,2,15,27H2,1,3H3,(H,30,33). The number of fused-ring (bicyclic) bond motifs is 1. The van der Waals surface area contributed by atoms with Gasteiger partial charge in [0.15, 0.2) is 5.49 Å². The van der Waals surface area contributed by atoms with E-state index in [2.05, 4.69) is 22.1 Å². The van der Waals surface area contributed by atoms with Gasteiger partial charge in [0, 0.05) is 37.1 Å². The third-order valence-corrected chi connectivity index (χ3v) is 5.58. The lowest BCUT2D eigenvalue weighted by atomic mass is 10.0. The minimum absolute atomic E-state index is 0.129. The molecule has 0 aliphatic rings. The van der Waals surface area contributed by atoms with Crippen molar-refractivity contribution in [2.24, 2.45) is 22.9 Å². The zero-order chi connectivity index (χ0) is 23.5. The molecule has 8 heteroatoms. The van der Waals surface area contributed by atoms with Gasteiger partial charge < -0.3 is 15.6 Å². The average Bonchev–Trinajstić information content (AvgIpc) is 3.15. The molecule has 2 heterocycles. The first kappa shape index (κ1) is 22.2. The highest BCUT2D eigenvalue weighted by Crippen LogP contribution is 2.28. The molecular formula is C25H25FN6O. The van der Waals surface area contributed by atoms with Crippen molar-refractivity contribution in [3.8, 4) is 11.1 Å². The number of benzene rings is 2. The second kappa shape index (κ2) is 9.22. The predicted molar refractivity (Wildman–Crippen MR) is 128 cm³/mol. The quantitative estimate of drug-likeness (QED) is 0.445. The van der Waals surface area contributed by atoms with Crippen molar-refractivity contribution in [1.29, 1.82) is 0 Å². The van der Waals surface area contributed by atoms with E-state index in [1.54, 1.807) is 29.2 Å². The van der Waals surface area contributed by atoms with E-state index in [-0.39, 0.29) is 24.4 Å². The number of aromatic nitrogens is 2. The number of hydrogen-bond donors (Lipinski definition) is 2. The van der Waals surface area contributed by atoms with E-state index in [1.165, 1.54) is 12.1 Å². The summed E-state index contributed by atoms with van der Waals surface area (Å²) < 4.78 is 17.0. The summed E-state index contributed by atoms with van der Waals surface area (Å²) in [6.45, 7) is 5.51. The van der Waals surface area contributed by atoms with Gasteiger partial charge in [-0.1, -0.05) is 18.2 Å². The molecule has 1 unspecified atom stereocenters. The Bertz CT molecular complexity index is 1420. The van der Waals surface area contributed by atoms with Gasteiger partial charge in [-0.25, -0.2) is 9.07 Å². The summed E-state index contributed by atoms with van der Waals surface area (Å²) >= 11 is 0. The van der Waals surface area contributed by atoms with Gasteiger partial charge in [0.25, 0.3) is 5.91 Å². The Labute approximate surface area is 190 Å². The minimum atomic E-state index is -0.344. The molecule has 3 N–H and O–H groups in total. The van der Waals surface area contributed by atoms with Gasteiger partial charge >= 0.3 is 0 Å². The summed E-state index contributed by atoms with van der Waals surface area (Å²) in [6, 6.07) is 15.6. The number of rotatable bonds is 6. The second-order valence-electron chi connectivity index (χ2n) is 7.74. The van der Waals surface area contributed by atoms with Crippen molar-refractivity contribution in [3.05, 3.63) is 89.4 Å². The van der Waals surface area contributed by atoms with Crippen LogP contribution < -0.4 is 16.5 Å². The van der Waals surface area contributed by atoms with Crippen molar-refractivity contribution in [2.45, 2.75) is 13.0 Å². The zero-order valence-electron chi connectivity index (χ0n) is 18.5. The molecule has 1 amide bonds. The number of carbonyl (C=O) groups is 1. The number of aryl methyl sites for hydroxylation is 1. The Kier molecular flexibility index (Phi) is 6.19. The number of nitrogens with two attached hydrogens (primary N) is 1. The van der Waals surface area contributed by atoms with Crippen LogP contribution in [0.4, 0.5) is 4.39 Å². The number of nitrogens with one attached hydrogen (secondary N) is 1. The predicted octanol–water partition coefficient (Wildman–Crippen LogP) is 3.56. The van der Waals surface area contributed by atoms with Gasteiger partial charge in [-0.2, -0.15) is 5.10 Å². The lowest BCUT2D eigenvalue weighted by Gasteiger charge is -2.14. The molecule has 2 aromatic carbocycles. The molecule has 33 heavy (non-hydrogen) atoms. The molecule has 1 atom stereocenters. The number of hydrogen-bond acceptors (Lipinski definition) is 4. The Hall–Kier alpha value is -4.04. The summed E-state index contributed by atoms with van der Waals surface area (Å²) in [4.78, 5) is 17.4. The number of carbonyl (C=O) groups excluding carboxylic acids is 1. The normalized spacial score (nSPS) is 12.7. The fourth-order valence-electron chi connectivity index (χ4n) is 3.88. The van der Waals surface area contributed by atoms with E-state index in [1.807, 2.05) is 48.9 Å². The van der Waals surface area contributed by atoms with Crippen LogP contribution in [0.2, 0.25) is 0 Å². The molecule has 4 aromatic rings. The van der Waals surface area contributed by atoms with Crippen LogP contribution in [0.5, 0.6) is 0 Å². The largest absolute Gasteiger partial charge is 0.350 e. The molecule has 7 nitrogen and oxygen atoms in total. The van der Waals surface area contributed by atoms with Crippen LogP contribution in [0, 0.1) is 5.82 Å². The molecule has 2 aromatic heterocycles. The molecular weight excluding hydrogens is 419 g/mol. The Morgan fingerprint density at radius 2 is 1.97 bits per heavy atom. The first-order valence-corrected chi connectivity index (χ1v) is 10.5. The highest BCUT2D eigenvalue weighted by Gasteiger charge is 2.18. The molecule has 4 rings (SSSR count). The molecule has 0 aliphatic carbocycles. The summed E-state index contributed by atoms with van der Waals surface area (Å²) in [7, 11) is 1.90. The van der Waals surface area contributed by atoms with Crippen LogP contribution in [-0.4, -0.2) is 28.5 Å². The number of pyridine rings is 1. The van der Waals surface area contributed by atoms with Crippen LogP contribution in [-0.2, 0) is 7.05 Å². The van der Waals surface area contributed by atoms with E-state index in [0.717, 1.165) is 22.0 Å².